The van der Waals surface area contributed by atoms with E-state index in [0.29, 0.717) is 17.4 Å². The van der Waals surface area contributed by atoms with Crippen molar-refractivity contribution >= 4 is 10.0 Å². The van der Waals surface area contributed by atoms with Gasteiger partial charge in [0.2, 0.25) is 10.0 Å². The lowest BCUT2D eigenvalue weighted by Gasteiger charge is -2.23. The van der Waals surface area contributed by atoms with Gasteiger partial charge >= 0.3 is 0 Å². The van der Waals surface area contributed by atoms with Crippen LogP contribution in [0.15, 0.2) is 23.1 Å². The second-order valence-electron chi connectivity index (χ2n) is 6.05. The predicted octanol–water partition coefficient (Wildman–Crippen LogP) is 1.65. The van der Waals surface area contributed by atoms with Gasteiger partial charge in [-0.25, -0.2) is 13.1 Å². The fourth-order valence-corrected chi connectivity index (χ4v) is 5.15. The van der Waals surface area contributed by atoms with E-state index in [0.717, 1.165) is 19.3 Å². The van der Waals surface area contributed by atoms with Gasteiger partial charge in [-0.3, -0.25) is 0 Å². The molecule has 5 nitrogen and oxygen atoms in total. The third-order valence-corrected chi connectivity index (χ3v) is 6.27. The molecule has 3 unspecified atom stereocenters. The minimum Gasteiger partial charge on any atom is -0.495 e. The number of rotatable bonds is 5. The lowest BCUT2D eigenvalue weighted by Crippen LogP contribution is -2.38. The number of nitrogens with one attached hydrogen (secondary N) is 1. The first-order valence-electron chi connectivity index (χ1n) is 7.33. The zero-order chi connectivity index (χ0) is 15.0. The molecule has 3 rings (SSSR count). The van der Waals surface area contributed by atoms with Gasteiger partial charge < -0.3 is 9.84 Å². The Hall–Kier alpha value is -1.11. The second-order valence-corrected chi connectivity index (χ2v) is 7.73. The lowest BCUT2D eigenvalue weighted by atomic mass is 9.96. The van der Waals surface area contributed by atoms with Crippen LogP contribution in [0.3, 0.4) is 0 Å². The normalized spacial score (nSPS) is 28.0. The summed E-state index contributed by atoms with van der Waals surface area (Å²) in [5.41, 5.74) is 0.630. The van der Waals surface area contributed by atoms with Crippen molar-refractivity contribution < 1.29 is 18.3 Å². The summed E-state index contributed by atoms with van der Waals surface area (Å²) in [6, 6.07) is 4.73. The van der Waals surface area contributed by atoms with E-state index in [1.165, 1.54) is 19.6 Å². The Labute approximate surface area is 125 Å². The van der Waals surface area contributed by atoms with Gasteiger partial charge in [0, 0.05) is 6.04 Å². The number of sulfonamides is 1. The van der Waals surface area contributed by atoms with Gasteiger partial charge in [0.25, 0.3) is 0 Å². The molecule has 6 heteroatoms. The number of hydrogen-bond acceptors (Lipinski definition) is 4. The van der Waals surface area contributed by atoms with Crippen molar-refractivity contribution in [2.24, 2.45) is 11.8 Å². The molecule has 0 amide bonds. The number of methoxy groups -OCH3 is 1. The summed E-state index contributed by atoms with van der Waals surface area (Å²) in [4.78, 5) is 0.143. The van der Waals surface area contributed by atoms with Gasteiger partial charge in [-0.2, -0.15) is 0 Å². The molecular formula is C15H21NO4S. The monoisotopic (exact) mass is 311 g/mol. The van der Waals surface area contributed by atoms with E-state index in [4.69, 9.17) is 9.84 Å². The summed E-state index contributed by atoms with van der Waals surface area (Å²) < 4.78 is 33.2. The number of fused-ring (bicyclic) bond motifs is 2. The number of benzene rings is 1. The molecule has 2 saturated carbocycles. The Morgan fingerprint density at radius 1 is 1.33 bits per heavy atom. The van der Waals surface area contributed by atoms with E-state index >= 15 is 0 Å². The second kappa shape index (κ2) is 5.59. The summed E-state index contributed by atoms with van der Waals surface area (Å²) in [7, 11) is -2.15. The standard InChI is InChI=1S/C15H21NO4S/c1-20-14-8-11(9-17)3-5-15(14)21(18,19)16-13-7-10-2-4-12(13)6-10/h3,5,8,10,12-13,16-17H,2,4,6-7,9H2,1H3. The Morgan fingerprint density at radius 3 is 2.71 bits per heavy atom. The first kappa shape index (κ1) is 14.8. The van der Waals surface area contributed by atoms with E-state index < -0.39 is 10.0 Å². The minimum atomic E-state index is -3.59. The van der Waals surface area contributed by atoms with Crippen LogP contribution >= 0.6 is 0 Å². The van der Waals surface area contributed by atoms with Crippen LogP contribution < -0.4 is 9.46 Å². The van der Waals surface area contributed by atoms with E-state index in [9.17, 15) is 8.42 Å². The van der Waals surface area contributed by atoms with Crippen molar-refractivity contribution in [3.63, 3.8) is 0 Å². The predicted molar refractivity (Wildman–Crippen MR) is 78.5 cm³/mol. The van der Waals surface area contributed by atoms with Crippen molar-refractivity contribution in [1.29, 1.82) is 0 Å². The van der Waals surface area contributed by atoms with Crippen molar-refractivity contribution in [3.05, 3.63) is 23.8 Å². The van der Waals surface area contributed by atoms with Crippen LogP contribution in [0.5, 0.6) is 5.75 Å². The van der Waals surface area contributed by atoms with Gasteiger partial charge in [-0.05, 0) is 48.8 Å². The SMILES string of the molecule is COc1cc(CO)ccc1S(=O)(=O)NC1CC2CCC1C2. The lowest BCUT2D eigenvalue weighted by molar-refractivity contribution is 0.280. The number of aliphatic hydroxyl groups excluding tert-OH is 1. The fourth-order valence-electron chi connectivity index (χ4n) is 3.68. The maximum Gasteiger partial charge on any atom is 0.244 e. The maximum atomic E-state index is 12.6. The van der Waals surface area contributed by atoms with E-state index in [-0.39, 0.29) is 23.3 Å². The molecule has 0 saturated heterocycles. The Kier molecular flexibility index (Phi) is 3.94. The summed E-state index contributed by atoms with van der Waals surface area (Å²) in [5, 5.41) is 9.13. The van der Waals surface area contributed by atoms with Crippen molar-refractivity contribution in [1.82, 2.24) is 4.72 Å². The molecule has 0 aromatic heterocycles. The first-order chi connectivity index (χ1) is 10.0. The van der Waals surface area contributed by atoms with E-state index in [1.807, 2.05) is 0 Å². The molecule has 0 spiro atoms. The third kappa shape index (κ3) is 2.80. The van der Waals surface area contributed by atoms with Crippen LogP contribution in [0.4, 0.5) is 0 Å². The highest BCUT2D eigenvalue weighted by Crippen LogP contribution is 2.45. The highest BCUT2D eigenvalue weighted by Gasteiger charge is 2.41. The molecule has 21 heavy (non-hydrogen) atoms. The molecule has 2 aliphatic rings. The van der Waals surface area contributed by atoms with Crippen LogP contribution in [-0.4, -0.2) is 26.7 Å². The third-order valence-electron chi connectivity index (χ3n) is 4.74. The molecule has 2 bridgehead atoms. The van der Waals surface area contributed by atoms with Gasteiger partial charge in [0.15, 0.2) is 0 Å². The molecule has 1 aromatic rings. The molecule has 2 fully saturated rings. The molecule has 0 heterocycles. The van der Waals surface area contributed by atoms with Crippen LogP contribution in [0.2, 0.25) is 0 Å². The van der Waals surface area contributed by atoms with Crippen molar-refractivity contribution in [2.45, 2.75) is 43.2 Å². The number of hydrogen-bond donors (Lipinski definition) is 2. The molecule has 3 atom stereocenters. The molecule has 2 N–H and O–H groups in total. The largest absolute Gasteiger partial charge is 0.495 e. The Balaban J connectivity index is 1.84. The van der Waals surface area contributed by atoms with Crippen LogP contribution in [-0.2, 0) is 16.6 Å². The highest BCUT2D eigenvalue weighted by molar-refractivity contribution is 7.89. The molecule has 1 aromatic carbocycles. The Morgan fingerprint density at radius 2 is 2.14 bits per heavy atom. The number of ether oxygens (including phenoxy) is 1. The van der Waals surface area contributed by atoms with Gasteiger partial charge in [-0.1, -0.05) is 12.5 Å². The van der Waals surface area contributed by atoms with Crippen LogP contribution in [0, 0.1) is 11.8 Å². The summed E-state index contributed by atoms with van der Waals surface area (Å²) in [6.45, 7) is -0.142. The number of aliphatic hydroxyl groups is 1. The van der Waals surface area contributed by atoms with Gasteiger partial charge in [-0.15, -0.1) is 0 Å². The zero-order valence-electron chi connectivity index (χ0n) is 12.1. The van der Waals surface area contributed by atoms with E-state index in [1.54, 1.807) is 12.1 Å². The smallest absolute Gasteiger partial charge is 0.244 e. The molecule has 2 aliphatic carbocycles. The average molecular weight is 311 g/mol. The highest BCUT2D eigenvalue weighted by atomic mass is 32.2. The van der Waals surface area contributed by atoms with Crippen molar-refractivity contribution in [2.75, 3.05) is 7.11 Å². The molecule has 0 radical (unpaired) electrons. The molecule has 0 aliphatic heterocycles. The van der Waals surface area contributed by atoms with Crippen LogP contribution in [0.1, 0.15) is 31.2 Å². The summed E-state index contributed by atoms with van der Waals surface area (Å²) in [6.07, 6.45) is 4.45. The molecule has 116 valence electrons. The molecular weight excluding hydrogens is 290 g/mol. The maximum absolute atomic E-state index is 12.6. The summed E-state index contributed by atoms with van der Waals surface area (Å²) in [5.74, 6) is 1.44. The quantitative estimate of drug-likeness (QED) is 0.867. The summed E-state index contributed by atoms with van der Waals surface area (Å²) >= 11 is 0. The fraction of sp³-hybridized carbons (Fsp3) is 0.600. The minimum absolute atomic E-state index is 0.0518. The topological polar surface area (TPSA) is 75.6 Å². The van der Waals surface area contributed by atoms with Gasteiger partial charge in [0.05, 0.1) is 13.7 Å². The van der Waals surface area contributed by atoms with Crippen molar-refractivity contribution in [3.8, 4) is 5.75 Å². The average Bonchev–Trinajstić information content (AvgIpc) is 3.08. The van der Waals surface area contributed by atoms with Gasteiger partial charge in [0.1, 0.15) is 10.6 Å². The van der Waals surface area contributed by atoms with Crippen LogP contribution in [0.25, 0.3) is 0 Å². The van der Waals surface area contributed by atoms with E-state index in [2.05, 4.69) is 4.72 Å². The zero-order valence-corrected chi connectivity index (χ0v) is 12.9. The Bertz CT molecular complexity index is 629. The first-order valence-corrected chi connectivity index (χ1v) is 8.82.